The summed E-state index contributed by atoms with van der Waals surface area (Å²) in [4.78, 5) is 2.41. The second kappa shape index (κ2) is 5.76. The van der Waals surface area contributed by atoms with Gasteiger partial charge in [0.05, 0.1) is 0 Å². The molecule has 1 aromatic carbocycles. The molecular weight excluding hydrogens is 184 g/mol. The highest BCUT2D eigenvalue weighted by Crippen LogP contribution is 2.19. The first-order valence-corrected chi connectivity index (χ1v) is 5.66. The van der Waals surface area contributed by atoms with E-state index in [0.717, 1.165) is 13.1 Å². The third-order valence-electron chi connectivity index (χ3n) is 2.82. The average molecular weight is 206 g/mol. The van der Waals surface area contributed by atoms with Crippen molar-refractivity contribution >= 4 is 5.69 Å². The van der Waals surface area contributed by atoms with E-state index < -0.39 is 0 Å². The van der Waals surface area contributed by atoms with Crippen LogP contribution in [-0.2, 0) is 0 Å². The van der Waals surface area contributed by atoms with Gasteiger partial charge in [-0.05, 0) is 39.4 Å². The van der Waals surface area contributed by atoms with E-state index >= 15 is 0 Å². The molecule has 1 unspecified atom stereocenters. The van der Waals surface area contributed by atoms with Crippen molar-refractivity contribution in [3.63, 3.8) is 0 Å². The molecule has 0 aliphatic carbocycles. The second-order valence-corrected chi connectivity index (χ2v) is 4.01. The largest absolute Gasteiger partial charge is 0.370 e. The molecule has 0 aromatic heterocycles. The topological polar surface area (TPSA) is 15.3 Å². The fourth-order valence-corrected chi connectivity index (χ4v) is 1.74. The SMILES string of the molecule is CCN(CC(C)NC)c1ccccc1C. The summed E-state index contributed by atoms with van der Waals surface area (Å²) >= 11 is 0. The minimum absolute atomic E-state index is 0.518. The van der Waals surface area contributed by atoms with Crippen molar-refractivity contribution in [3.05, 3.63) is 29.8 Å². The Morgan fingerprint density at radius 3 is 2.53 bits per heavy atom. The van der Waals surface area contributed by atoms with Crippen LogP contribution < -0.4 is 10.2 Å². The zero-order chi connectivity index (χ0) is 11.3. The fourth-order valence-electron chi connectivity index (χ4n) is 1.74. The minimum Gasteiger partial charge on any atom is -0.370 e. The molecule has 15 heavy (non-hydrogen) atoms. The van der Waals surface area contributed by atoms with Gasteiger partial charge in [-0.25, -0.2) is 0 Å². The van der Waals surface area contributed by atoms with Crippen molar-refractivity contribution in [1.29, 1.82) is 0 Å². The molecule has 1 aromatic rings. The lowest BCUT2D eigenvalue weighted by Gasteiger charge is -2.27. The summed E-state index contributed by atoms with van der Waals surface area (Å²) in [5.74, 6) is 0. The van der Waals surface area contributed by atoms with Gasteiger partial charge in [-0.2, -0.15) is 0 Å². The van der Waals surface area contributed by atoms with Gasteiger partial charge in [-0.15, -0.1) is 0 Å². The van der Waals surface area contributed by atoms with Crippen molar-refractivity contribution in [2.75, 3.05) is 25.0 Å². The molecule has 0 fully saturated rings. The first kappa shape index (κ1) is 12.1. The maximum atomic E-state index is 3.28. The summed E-state index contributed by atoms with van der Waals surface area (Å²) in [7, 11) is 2.01. The van der Waals surface area contributed by atoms with Gasteiger partial charge in [0.1, 0.15) is 0 Å². The summed E-state index contributed by atoms with van der Waals surface area (Å²) in [5.41, 5.74) is 2.70. The Bertz CT molecular complexity index is 296. The molecule has 1 atom stereocenters. The minimum atomic E-state index is 0.518. The van der Waals surface area contributed by atoms with Gasteiger partial charge in [-0.3, -0.25) is 0 Å². The third kappa shape index (κ3) is 3.24. The van der Waals surface area contributed by atoms with Gasteiger partial charge in [0.2, 0.25) is 0 Å². The van der Waals surface area contributed by atoms with Crippen molar-refractivity contribution < 1.29 is 0 Å². The second-order valence-electron chi connectivity index (χ2n) is 4.01. The molecule has 0 spiro atoms. The number of nitrogens with one attached hydrogen (secondary N) is 1. The van der Waals surface area contributed by atoms with Crippen molar-refractivity contribution in [2.45, 2.75) is 26.8 Å². The number of rotatable bonds is 5. The first-order valence-electron chi connectivity index (χ1n) is 5.66. The number of hydrogen-bond donors (Lipinski definition) is 1. The van der Waals surface area contributed by atoms with Gasteiger partial charge >= 0.3 is 0 Å². The lowest BCUT2D eigenvalue weighted by Crippen LogP contribution is -2.37. The third-order valence-corrected chi connectivity index (χ3v) is 2.82. The van der Waals surface area contributed by atoms with Gasteiger partial charge in [-0.1, -0.05) is 18.2 Å². The van der Waals surface area contributed by atoms with Crippen LogP contribution in [0.15, 0.2) is 24.3 Å². The predicted molar refractivity (Wildman–Crippen MR) is 67.6 cm³/mol. The number of aryl methyl sites for hydroxylation is 1. The van der Waals surface area contributed by atoms with Crippen molar-refractivity contribution in [1.82, 2.24) is 5.32 Å². The van der Waals surface area contributed by atoms with E-state index in [2.05, 4.69) is 55.3 Å². The summed E-state index contributed by atoms with van der Waals surface area (Å²) in [6.45, 7) is 8.69. The van der Waals surface area contributed by atoms with E-state index in [-0.39, 0.29) is 0 Å². The first-order chi connectivity index (χ1) is 7.19. The molecule has 2 nitrogen and oxygen atoms in total. The van der Waals surface area contributed by atoms with Crippen LogP contribution in [0.2, 0.25) is 0 Å². The maximum absolute atomic E-state index is 3.28. The van der Waals surface area contributed by atoms with Crippen molar-refractivity contribution in [3.8, 4) is 0 Å². The van der Waals surface area contributed by atoms with E-state index in [9.17, 15) is 0 Å². The Balaban J connectivity index is 2.78. The predicted octanol–water partition coefficient (Wildman–Crippen LogP) is 2.43. The van der Waals surface area contributed by atoms with E-state index in [1.807, 2.05) is 7.05 Å². The molecule has 1 rings (SSSR count). The van der Waals surface area contributed by atoms with E-state index in [0.29, 0.717) is 6.04 Å². The number of nitrogens with zero attached hydrogens (tertiary/aromatic N) is 1. The van der Waals surface area contributed by atoms with Crippen LogP contribution >= 0.6 is 0 Å². The quantitative estimate of drug-likeness (QED) is 0.796. The van der Waals surface area contributed by atoms with E-state index in [1.54, 1.807) is 0 Å². The van der Waals surface area contributed by atoms with Crippen LogP contribution in [0.4, 0.5) is 5.69 Å². The average Bonchev–Trinajstić information content (AvgIpc) is 2.26. The number of para-hydroxylation sites is 1. The monoisotopic (exact) mass is 206 g/mol. The molecule has 0 bridgehead atoms. The van der Waals surface area contributed by atoms with E-state index in [1.165, 1.54) is 11.3 Å². The normalized spacial score (nSPS) is 12.5. The van der Waals surface area contributed by atoms with Crippen LogP contribution in [0.3, 0.4) is 0 Å². The van der Waals surface area contributed by atoms with Crippen molar-refractivity contribution in [2.24, 2.45) is 0 Å². The number of likely N-dealkylation sites (N-methyl/N-ethyl adjacent to an activating group) is 2. The Labute approximate surface area is 93.3 Å². The highest BCUT2D eigenvalue weighted by molar-refractivity contribution is 5.52. The molecule has 0 saturated carbocycles. The zero-order valence-electron chi connectivity index (χ0n) is 10.2. The maximum Gasteiger partial charge on any atom is 0.0396 e. The molecule has 0 radical (unpaired) electrons. The molecule has 0 heterocycles. The molecule has 1 N–H and O–H groups in total. The summed E-state index contributed by atoms with van der Waals surface area (Å²) in [6.07, 6.45) is 0. The summed E-state index contributed by atoms with van der Waals surface area (Å²) < 4.78 is 0. The lowest BCUT2D eigenvalue weighted by molar-refractivity contribution is 0.591. The standard InChI is InChI=1S/C13H22N2/c1-5-15(10-12(3)14-4)13-9-7-6-8-11(13)2/h6-9,12,14H,5,10H2,1-4H3. The van der Waals surface area contributed by atoms with Crippen LogP contribution in [0.5, 0.6) is 0 Å². The Morgan fingerprint density at radius 1 is 1.33 bits per heavy atom. The van der Waals surface area contributed by atoms with Gasteiger partial charge < -0.3 is 10.2 Å². The fraction of sp³-hybridized carbons (Fsp3) is 0.538. The van der Waals surface area contributed by atoms with Crippen LogP contribution in [0.25, 0.3) is 0 Å². The molecular formula is C13H22N2. The number of anilines is 1. The number of hydrogen-bond acceptors (Lipinski definition) is 2. The lowest BCUT2D eigenvalue weighted by atomic mass is 10.1. The van der Waals surface area contributed by atoms with Crippen LogP contribution in [0.1, 0.15) is 19.4 Å². The van der Waals surface area contributed by atoms with Gasteiger partial charge in [0.25, 0.3) is 0 Å². The highest BCUT2D eigenvalue weighted by Gasteiger charge is 2.09. The molecule has 2 heteroatoms. The molecule has 0 aliphatic heterocycles. The summed E-state index contributed by atoms with van der Waals surface area (Å²) in [5, 5.41) is 3.28. The molecule has 84 valence electrons. The molecule has 0 amide bonds. The van der Waals surface area contributed by atoms with Crippen LogP contribution in [0, 0.1) is 6.92 Å². The van der Waals surface area contributed by atoms with Gasteiger partial charge in [0.15, 0.2) is 0 Å². The van der Waals surface area contributed by atoms with Gasteiger partial charge in [0, 0.05) is 24.8 Å². The zero-order valence-corrected chi connectivity index (χ0v) is 10.2. The van der Waals surface area contributed by atoms with Crippen LogP contribution in [-0.4, -0.2) is 26.2 Å². The Morgan fingerprint density at radius 2 is 2.00 bits per heavy atom. The summed E-state index contributed by atoms with van der Waals surface area (Å²) in [6, 6.07) is 9.08. The molecule has 0 aliphatic rings. The Hall–Kier alpha value is -1.02. The Kier molecular flexibility index (Phi) is 4.63. The molecule has 0 saturated heterocycles. The number of benzene rings is 1. The highest BCUT2D eigenvalue weighted by atomic mass is 15.1. The smallest absolute Gasteiger partial charge is 0.0396 e. The van der Waals surface area contributed by atoms with E-state index in [4.69, 9.17) is 0 Å².